The number of halogens is 2. The van der Waals surface area contributed by atoms with Crippen LogP contribution in [-0.2, 0) is 6.54 Å². The zero-order valence-electron chi connectivity index (χ0n) is 12.9. The molecule has 2 aromatic carbocycles. The van der Waals surface area contributed by atoms with Crippen LogP contribution in [0, 0.1) is 6.92 Å². The summed E-state index contributed by atoms with van der Waals surface area (Å²) in [4.78, 5) is 17.4. The highest BCUT2D eigenvalue weighted by Crippen LogP contribution is 2.32. The molecule has 122 valence electrons. The van der Waals surface area contributed by atoms with Gasteiger partial charge in [0.05, 0.1) is 20.3 Å². The highest BCUT2D eigenvalue weighted by molar-refractivity contribution is 7.16. The first-order valence-corrected chi connectivity index (χ1v) is 8.83. The normalized spacial score (nSPS) is 11.9. The summed E-state index contributed by atoms with van der Waals surface area (Å²) in [5.74, 6) is -0.278. The van der Waals surface area contributed by atoms with Crippen LogP contribution in [0.2, 0.25) is 10.0 Å². The second-order valence-electron chi connectivity index (χ2n) is 5.22. The Bertz CT molecular complexity index is 1020. The van der Waals surface area contributed by atoms with Gasteiger partial charge in [0, 0.05) is 12.1 Å². The van der Waals surface area contributed by atoms with Crippen molar-refractivity contribution in [3.05, 3.63) is 75.0 Å². The van der Waals surface area contributed by atoms with Crippen LogP contribution in [0.1, 0.15) is 15.9 Å². The maximum atomic E-state index is 12.6. The number of amides is 1. The minimum atomic E-state index is -0.278. The number of carbonyl (C=O) groups excluding carboxylic acids is 1. The van der Waals surface area contributed by atoms with E-state index >= 15 is 0 Å². The molecule has 0 N–H and O–H groups in total. The molecule has 0 atom stereocenters. The first kappa shape index (κ1) is 17.0. The monoisotopic (exact) mass is 376 g/mol. The van der Waals surface area contributed by atoms with Gasteiger partial charge < -0.3 is 4.57 Å². The molecule has 0 aliphatic heterocycles. The smallest absolute Gasteiger partial charge is 0.279 e. The molecule has 1 aromatic heterocycles. The van der Waals surface area contributed by atoms with Crippen molar-refractivity contribution in [1.29, 1.82) is 0 Å². The van der Waals surface area contributed by atoms with Crippen LogP contribution in [0.15, 0.2) is 54.0 Å². The van der Waals surface area contributed by atoms with E-state index in [2.05, 4.69) is 11.6 Å². The molecule has 6 heteroatoms. The molecular weight excluding hydrogens is 363 g/mol. The Morgan fingerprint density at radius 1 is 1.29 bits per heavy atom. The minimum absolute atomic E-state index is 0.278. The van der Waals surface area contributed by atoms with Gasteiger partial charge in [-0.05, 0) is 30.7 Å². The zero-order valence-corrected chi connectivity index (χ0v) is 15.3. The summed E-state index contributed by atoms with van der Waals surface area (Å²) in [6, 6.07) is 11.0. The second kappa shape index (κ2) is 6.93. The van der Waals surface area contributed by atoms with Crippen LogP contribution in [-0.4, -0.2) is 10.5 Å². The highest BCUT2D eigenvalue weighted by Gasteiger charge is 2.14. The minimum Gasteiger partial charge on any atom is -0.311 e. The molecule has 0 spiro atoms. The van der Waals surface area contributed by atoms with Gasteiger partial charge in [-0.1, -0.05) is 58.8 Å². The fourth-order valence-electron chi connectivity index (χ4n) is 2.45. The van der Waals surface area contributed by atoms with Crippen LogP contribution in [0.5, 0.6) is 0 Å². The van der Waals surface area contributed by atoms with Crippen LogP contribution < -0.4 is 4.80 Å². The summed E-state index contributed by atoms with van der Waals surface area (Å²) in [5.41, 5.74) is 2.25. The first-order valence-electron chi connectivity index (χ1n) is 7.26. The highest BCUT2D eigenvalue weighted by atomic mass is 35.5. The van der Waals surface area contributed by atoms with E-state index < -0.39 is 0 Å². The maximum absolute atomic E-state index is 12.6. The van der Waals surface area contributed by atoms with Gasteiger partial charge in [0.2, 0.25) is 0 Å². The van der Waals surface area contributed by atoms with Crippen molar-refractivity contribution in [2.45, 2.75) is 13.5 Å². The molecule has 0 fully saturated rings. The third kappa shape index (κ3) is 3.05. The Labute approximate surface area is 153 Å². The topological polar surface area (TPSA) is 34.4 Å². The molecule has 1 amide bonds. The number of nitrogens with zero attached hydrogens (tertiary/aromatic N) is 2. The summed E-state index contributed by atoms with van der Waals surface area (Å²) in [5, 5.41) is 0.925. The number of benzene rings is 2. The van der Waals surface area contributed by atoms with E-state index in [1.165, 1.54) is 11.3 Å². The van der Waals surface area contributed by atoms with Gasteiger partial charge in [-0.15, -0.1) is 6.58 Å². The van der Waals surface area contributed by atoms with Gasteiger partial charge in [-0.2, -0.15) is 4.99 Å². The summed E-state index contributed by atoms with van der Waals surface area (Å²) in [6.45, 7) is 6.15. The van der Waals surface area contributed by atoms with Crippen molar-refractivity contribution >= 4 is 50.7 Å². The van der Waals surface area contributed by atoms with Crippen LogP contribution in [0.4, 0.5) is 0 Å². The average molecular weight is 377 g/mol. The lowest BCUT2D eigenvalue weighted by molar-refractivity contribution is 0.0997. The van der Waals surface area contributed by atoms with Gasteiger partial charge in [-0.3, -0.25) is 4.79 Å². The van der Waals surface area contributed by atoms with E-state index in [1.54, 1.807) is 18.2 Å². The SMILES string of the molecule is C=CCn1c(=NC(=O)c2ccccc2C)sc2ccc(Cl)c(Cl)c21. The summed E-state index contributed by atoms with van der Waals surface area (Å²) in [7, 11) is 0. The molecule has 0 saturated heterocycles. The largest absolute Gasteiger partial charge is 0.311 e. The lowest BCUT2D eigenvalue weighted by Crippen LogP contribution is -2.16. The molecular formula is C18H14Cl2N2OS. The summed E-state index contributed by atoms with van der Waals surface area (Å²) < 4.78 is 2.78. The predicted molar refractivity (Wildman–Crippen MR) is 101 cm³/mol. The van der Waals surface area contributed by atoms with E-state index in [0.717, 1.165) is 15.8 Å². The average Bonchev–Trinajstić information content (AvgIpc) is 2.90. The van der Waals surface area contributed by atoms with Crippen molar-refractivity contribution in [2.24, 2.45) is 4.99 Å². The molecule has 24 heavy (non-hydrogen) atoms. The van der Waals surface area contributed by atoms with Crippen molar-refractivity contribution in [3.8, 4) is 0 Å². The third-order valence-corrected chi connectivity index (χ3v) is 5.46. The molecule has 3 rings (SSSR count). The fraction of sp³-hybridized carbons (Fsp3) is 0.111. The number of aromatic nitrogens is 1. The number of rotatable bonds is 3. The van der Waals surface area contributed by atoms with E-state index in [0.29, 0.717) is 27.0 Å². The van der Waals surface area contributed by atoms with Crippen molar-refractivity contribution < 1.29 is 4.79 Å². The van der Waals surface area contributed by atoms with Gasteiger partial charge in [0.1, 0.15) is 0 Å². The number of allylic oxidation sites excluding steroid dienone is 1. The number of carbonyl (C=O) groups is 1. The van der Waals surface area contributed by atoms with Crippen molar-refractivity contribution in [2.75, 3.05) is 0 Å². The molecule has 3 aromatic rings. The lowest BCUT2D eigenvalue weighted by Gasteiger charge is -2.04. The number of hydrogen-bond acceptors (Lipinski definition) is 2. The third-order valence-electron chi connectivity index (χ3n) is 3.62. The number of fused-ring (bicyclic) bond motifs is 1. The van der Waals surface area contributed by atoms with Gasteiger partial charge in [0.25, 0.3) is 5.91 Å². The Morgan fingerprint density at radius 2 is 2.04 bits per heavy atom. The first-order chi connectivity index (χ1) is 11.5. The van der Waals surface area contributed by atoms with Gasteiger partial charge in [0.15, 0.2) is 4.80 Å². The Morgan fingerprint density at radius 3 is 2.75 bits per heavy atom. The lowest BCUT2D eigenvalue weighted by atomic mass is 10.1. The molecule has 0 saturated carbocycles. The van der Waals surface area contributed by atoms with Crippen LogP contribution >= 0.6 is 34.5 Å². The number of aryl methyl sites for hydroxylation is 1. The van der Waals surface area contributed by atoms with E-state index in [9.17, 15) is 4.79 Å². The summed E-state index contributed by atoms with van der Waals surface area (Å²) in [6.07, 6.45) is 1.74. The van der Waals surface area contributed by atoms with Crippen molar-refractivity contribution in [3.63, 3.8) is 0 Å². The fourth-order valence-corrected chi connectivity index (χ4v) is 3.97. The molecule has 0 radical (unpaired) electrons. The molecule has 0 aliphatic carbocycles. The zero-order chi connectivity index (χ0) is 17.3. The van der Waals surface area contributed by atoms with Gasteiger partial charge >= 0.3 is 0 Å². The number of thiazole rings is 1. The van der Waals surface area contributed by atoms with Crippen molar-refractivity contribution in [1.82, 2.24) is 4.57 Å². The standard InChI is InChI=1S/C18H14Cl2N2OS/c1-3-10-22-16-14(9-8-13(19)15(16)20)24-18(22)21-17(23)12-7-5-4-6-11(12)2/h3-9H,1,10H2,2H3. The Balaban J connectivity index is 2.24. The molecule has 3 nitrogen and oxygen atoms in total. The van der Waals surface area contributed by atoms with E-state index in [1.807, 2.05) is 35.8 Å². The van der Waals surface area contributed by atoms with Crippen LogP contribution in [0.3, 0.4) is 0 Å². The van der Waals surface area contributed by atoms with E-state index in [4.69, 9.17) is 23.2 Å². The Kier molecular flexibility index (Phi) is 4.90. The predicted octanol–water partition coefficient (Wildman–Crippen LogP) is 5.25. The van der Waals surface area contributed by atoms with Crippen LogP contribution in [0.25, 0.3) is 10.2 Å². The van der Waals surface area contributed by atoms with E-state index in [-0.39, 0.29) is 5.91 Å². The maximum Gasteiger partial charge on any atom is 0.279 e. The quantitative estimate of drug-likeness (QED) is 0.575. The molecule has 0 aliphatic rings. The second-order valence-corrected chi connectivity index (χ2v) is 7.02. The summed E-state index contributed by atoms with van der Waals surface area (Å²) >= 11 is 13.9. The Hall–Kier alpha value is -1.88. The number of hydrogen-bond donors (Lipinski definition) is 0. The molecule has 1 heterocycles. The van der Waals surface area contributed by atoms with Gasteiger partial charge in [-0.25, -0.2) is 0 Å². The molecule has 0 unspecified atom stereocenters. The molecule has 0 bridgehead atoms.